The van der Waals surface area contributed by atoms with E-state index in [1.807, 2.05) is 55.5 Å². The predicted molar refractivity (Wildman–Crippen MR) is 80.9 cm³/mol. The van der Waals surface area contributed by atoms with E-state index >= 15 is 0 Å². The van der Waals surface area contributed by atoms with Crippen LogP contribution in [0.5, 0.6) is 0 Å². The summed E-state index contributed by atoms with van der Waals surface area (Å²) in [6.45, 7) is 1.84. The number of halogens is 2. The maximum atomic E-state index is 10.5. The van der Waals surface area contributed by atoms with Gasteiger partial charge in [0.25, 0.3) is 0 Å². The van der Waals surface area contributed by atoms with Crippen LogP contribution in [0.2, 0.25) is 10.0 Å². The molecule has 0 aliphatic heterocycles. The van der Waals surface area contributed by atoms with Crippen molar-refractivity contribution in [3.63, 3.8) is 0 Å². The number of rotatable bonds is 4. The summed E-state index contributed by atoms with van der Waals surface area (Å²) in [6, 6.07) is 15.2. The Bertz CT molecular complexity index is 547. The highest BCUT2D eigenvalue weighted by atomic mass is 35.5. The summed E-state index contributed by atoms with van der Waals surface area (Å²) in [5.74, 6) is 0. The number of hydrogen-bond acceptors (Lipinski definition) is 1. The van der Waals surface area contributed by atoms with Crippen molar-refractivity contribution in [2.75, 3.05) is 0 Å². The van der Waals surface area contributed by atoms with E-state index in [1.54, 1.807) is 0 Å². The first-order valence-corrected chi connectivity index (χ1v) is 6.91. The van der Waals surface area contributed by atoms with Crippen molar-refractivity contribution in [1.29, 1.82) is 0 Å². The lowest BCUT2D eigenvalue weighted by molar-refractivity contribution is 0.0608. The van der Waals surface area contributed by atoms with Gasteiger partial charge >= 0.3 is 0 Å². The summed E-state index contributed by atoms with van der Waals surface area (Å²) in [5.41, 5.74) is 1.29. The molecular weight excluding hydrogens is 279 g/mol. The third-order valence-corrected chi connectivity index (χ3v) is 3.46. The lowest BCUT2D eigenvalue weighted by Gasteiger charge is -2.23. The fraction of sp³-hybridized carbons (Fsp3) is 0.250. The van der Waals surface area contributed by atoms with Crippen molar-refractivity contribution >= 4 is 23.2 Å². The molecule has 1 nitrogen and oxygen atoms in total. The van der Waals surface area contributed by atoms with E-state index in [-0.39, 0.29) is 0 Å². The molecule has 1 unspecified atom stereocenters. The summed E-state index contributed by atoms with van der Waals surface area (Å²) < 4.78 is 0. The molecule has 0 radical (unpaired) electrons. The smallest absolute Gasteiger partial charge is 0.0700 e. The second-order valence-electron chi connectivity index (χ2n) is 5.11. The van der Waals surface area contributed by atoms with E-state index in [0.29, 0.717) is 22.9 Å². The molecule has 0 heterocycles. The Morgan fingerprint density at radius 2 is 1.53 bits per heavy atom. The van der Waals surface area contributed by atoms with Gasteiger partial charge in [0.05, 0.1) is 5.60 Å². The van der Waals surface area contributed by atoms with E-state index in [1.165, 1.54) is 0 Å². The van der Waals surface area contributed by atoms with E-state index in [4.69, 9.17) is 23.2 Å². The van der Waals surface area contributed by atoms with E-state index in [9.17, 15) is 5.11 Å². The van der Waals surface area contributed by atoms with E-state index in [2.05, 4.69) is 0 Å². The minimum Gasteiger partial charge on any atom is -0.389 e. The molecular formula is C16H16Cl2O. The van der Waals surface area contributed by atoms with Crippen molar-refractivity contribution in [2.45, 2.75) is 25.4 Å². The highest BCUT2D eigenvalue weighted by Crippen LogP contribution is 2.21. The van der Waals surface area contributed by atoms with E-state index in [0.717, 1.165) is 11.1 Å². The molecule has 0 amide bonds. The first kappa shape index (κ1) is 14.4. The van der Waals surface area contributed by atoms with Gasteiger partial charge in [-0.3, -0.25) is 0 Å². The van der Waals surface area contributed by atoms with Gasteiger partial charge < -0.3 is 5.11 Å². The van der Waals surface area contributed by atoms with Crippen LogP contribution in [0.3, 0.4) is 0 Å². The standard InChI is InChI=1S/C16H16Cl2O/c1-16(19,10-12-5-7-14(17)8-6-12)11-13-3-2-4-15(18)9-13/h2-9,19H,10-11H2,1H3. The fourth-order valence-corrected chi connectivity index (χ4v) is 2.53. The molecule has 3 heteroatoms. The van der Waals surface area contributed by atoms with Crippen molar-refractivity contribution < 1.29 is 5.11 Å². The first-order chi connectivity index (χ1) is 8.94. The van der Waals surface area contributed by atoms with Gasteiger partial charge in [-0.25, -0.2) is 0 Å². The quantitative estimate of drug-likeness (QED) is 0.878. The molecule has 0 bridgehead atoms. The minimum absolute atomic E-state index is 0.566. The van der Waals surface area contributed by atoms with Crippen molar-refractivity contribution in [3.05, 3.63) is 69.7 Å². The molecule has 19 heavy (non-hydrogen) atoms. The van der Waals surface area contributed by atoms with Gasteiger partial charge in [0.1, 0.15) is 0 Å². The molecule has 100 valence electrons. The zero-order valence-corrected chi connectivity index (χ0v) is 12.2. The molecule has 0 aliphatic rings. The summed E-state index contributed by atoms with van der Waals surface area (Å²) in [7, 11) is 0. The number of benzene rings is 2. The highest BCUT2D eigenvalue weighted by molar-refractivity contribution is 6.30. The van der Waals surface area contributed by atoms with Crippen molar-refractivity contribution in [2.24, 2.45) is 0 Å². The molecule has 1 atom stereocenters. The van der Waals surface area contributed by atoms with Crippen LogP contribution in [0.1, 0.15) is 18.1 Å². The Balaban J connectivity index is 2.07. The zero-order valence-electron chi connectivity index (χ0n) is 10.7. The lowest BCUT2D eigenvalue weighted by atomic mass is 9.90. The summed E-state index contributed by atoms with van der Waals surface area (Å²) >= 11 is 11.8. The normalized spacial score (nSPS) is 14.1. The van der Waals surface area contributed by atoms with Crippen LogP contribution in [0.15, 0.2) is 48.5 Å². The minimum atomic E-state index is -0.807. The molecule has 2 aromatic rings. The molecule has 0 fully saturated rings. The second kappa shape index (κ2) is 5.96. The Kier molecular flexibility index (Phi) is 4.51. The average molecular weight is 295 g/mol. The molecule has 0 saturated carbocycles. The third kappa shape index (κ3) is 4.54. The molecule has 1 N–H and O–H groups in total. The van der Waals surface area contributed by atoms with Crippen LogP contribution < -0.4 is 0 Å². The second-order valence-corrected chi connectivity index (χ2v) is 5.98. The monoisotopic (exact) mass is 294 g/mol. The van der Waals surface area contributed by atoms with Gasteiger partial charge in [-0.1, -0.05) is 47.5 Å². The van der Waals surface area contributed by atoms with Gasteiger partial charge in [0.2, 0.25) is 0 Å². The van der Waals surface area contributed by atoms with Crippen LogP contribution in [-0.2, 0) is 12.8 Å². The average Bonchev–Trinajstić information content (AvgIpc) is 2.31. The molecule has 0 aromatic heterocycles. The zero-order chi connectivity index (χ0) is 13.9. The summed E-state index contributed by atoms with van der Waals surface area (Å²) in [5, 5.41) is 11.9. The van der Waals surface area contributed by atoms with Gasteiger partial charge in [0, 0.05) is 22.9 Å². The molecule has 0 spiro atoms. The maximum Gasteiger partial charge on any atom is 0.0700 e. The molecule has 2 rings (SSSR count). The van der Waals surface area contributed by atoms with Gasteiger partial charge in [-0.2, -0.15) is 0 Å². The largest absolute Gasteiger partial charge is 0.389 e. The van der Waals surface area contributed by atoms with Gasteiger partial charge in [-0.15, -0.1) is 0 Å². The van der Waals surface area contributed by atoms with Crippen LogP contribution >= 0.6 is 23.2 Å². The van der Waals surface area contributed by atoms with Gasteiger partial charge in [0.15, 0.2) is 0 Å². The third-order valence-electron chi connectivity index (χ3n) is 2.97. The van der Waals surface area contributed by atoms with E-state index < -0.39 is 5.60 Å². The summed E-state index contributed by atoms with van der Waals surface area (Å²) in [6.07, 6.45) is 1.15. The molecule has 0 saturated heterocycles. The first-order valence-electron chi connectivity index (χ1n) is 6.16. The Labute approximate surface area is 123 Å². The van der Waals surface area contributed by atoms with Gasteiger partial charge in [-0.05, 0) is 42.3 Å². The highest BCUT2D eigenvalue weighted by Gasteiger charge is 2.21. The maximum absolute atomic E-state index is 10.5. The fourth-order valence-electron chi connectivity index (χ4n) is 2.19. The van der Waals surface area contributed by atoms with Crippen LogP contribution in [0, 0.1) is 0 Å². The number of aliphatic hydroxyl groups is 1. The predicted octanol–water partition coefficient (Wildman–Crippen LogP) is 4.53. The molecule has 2 aromatic carbocycles. The summed E-state index contributed by atoms with van der Waals surface area (Å²) in [4.78, 5) is 0. The number of hydrogen-bond donors (Lipinski definition) is 1. The Morgan fingerprint density at radius 1 is 0.895 bits per heavy atom. The van der Waals surface area contributed by atoms with Crippen LogP contribution in [0.25, 0.3) is 0 Å². The Morgan fingerprint density at radius 3 is 2.16 bits per heavy atom. The van der Waals surface area contributed by atoms with Crippen molar-refractivity contribution in [1.82, 2.24) is 0 Å². The molecule has 0 aliphatic carbocycles. The van der Waals surface area contributed by atoms with Crippen molar-refractivity contribution in [3.8, 4) is 0 Å². The van der Waals surface area contributed by atoms with Crippen LogP contribution in [-0.4, -0.2) is 10.7 Å². The Hall–Kier alpha value is -1.02. The topological polar surface area (TPSA) is 20.2 Å². The van der Waals surface area contributed by atoms with Crippen LogP contribution in [0.4, 0.5) is 0 Å². The lowest BCUT2D eigenvalue weighted by Crippen LogP contribution is -2.30. The SMILES string of the molecule is CC(O)(Cc1ccc(Cl)cc1)Cc1cccc(Cl)c1.